The molecule has 172 valence electrons. The third-order valence-electron chi connectivity index (χ3n) is 7.25. The summed E-state index contributed by atoms with van der Waals surface area (Å²) in [6.45, 7) is 8.10. The fraction of sp³-hybridized carbons (Fsp3) is 0.600. The first-order valence-electron chi connectivity index (χ1n) is 12.0. The number of rotatable bonds is 4. The Hall–Kier alpha value is -2.38. The maximum atomic E-state index is 13.0. The average molecular weight is 440 g/mol. The Morgan fingerprint density at radius 2 is 1.88 bits per heavy atom. The van der Waals surface area contributed by atoms with Crippen molar-refractivity contribution >= 4 is 11.8 Å². The highest BCUT2D eigenvalue weighted by atomic mass is 16.5. The van der Waals surface area contributed by atoms with E-state index in [4.69, 9.17) is 9.47 Å². The summed E-state index contributed by atoms with van der Waals surface area (Å²) in [5, 5.41) is 2.79. The minimum Gasteiger partial charge on any atom is -0.489 e. The summed E-state index contributed by atoms with van der Waals surface area (Å²) in [6.07, 6.45) is 7.06. The fourth-order valence-corrected chi connectivity index (χ4v) is 5.63. The Labute approximate surface area is 189 Å². The summed E-state index contributed by atoms with van der Waals surface area (Å²) in [5.74, 6) is 0.624. The minimum absolute atomic E-state index is 0.0687. The van der Waals surface area contributed by atoms with E-state index in [0.717, 1.165) is 62.6 Å². The second-order valence-corrected chi connectivity index (χ2v) is 9.41. The quantitative estimate of drug-likeness (QED) is 0.781. The van der Waals surface area contributed by atoms with Crippen molar-refractivity contribution < 1.29 is 19.1 Å². The van der Waals surface area contributed by atoms with Crippen LogP contribution < -0.4 is 10.1 Å². The lowest BCUT2D eigenvalue weighted by molar-refractivity contribution is -0.126. The van der Waals surface area contributed by atoms with Crippen molar-refractivity contribution in [2.75, 3.05) is 26.3 Å². The molecule has 1 aliphatic carbocycles. The van der Waals surface area contributed by atoms with E-state index in [2.05, 4.69) is 16.8 Å². The van der Waals surface area contributed by atoms with Crippen LogP contribution in [0.5, 0.6) is 5.75 Å². The van der Waals surface area contributed by atoms with E-state index in [1.807, 2.05) is 18.2 Å². The van der Waals surface area contributed by atoms with Gasteiger partial charge in [0.05, 0.1) is 0 Å². The van der Waals surface area contributed by atoms with Crippen molar-refractivity contribution in [3.8, 4) is 5.75 Å². The number of allylic oxidation sites excluding steroid dienone is 1. The summed E-state index contributed by atoms with van der Waals surface area (Å²) in [4.78, 5) is 29.7. The van der Waals surface area contributed by atoms with Gasteiger partial charge in [0.2, 0.25) is 5.91 Å². The number of ether oxygens (including phenoxy) is 2. The lowest BCUT2D eigenvalue weighted by Gasteiger charge is -2.34. The molecule has 0 radical (unpaired) electrons. The van der Waals surface area contributed by atoms with E-state index in [-0.39, 0.29) is 17.9 Å². The van der Waals surface area contributed by atoms with Gasteiger partial charge in [-0.15, -0.1) is 0 Å². The van der Waals surface area contributed by atoms with Crippen LogP contribution >= 0.6 is 0 Å². The molecule has 3 fully saturated rings. The third kappa shape index (κ3) is 4.28. The number of hydrogen-bond donors (Lipinski definition) is 1. The number of nitrogens with zero attached hydrogens (tertiary/aromatic N) is 2. The van der Waals surface area contributed by atoms with Gasteiger partial charge in [-0.1, -0.05) is 6.58 Å². The van der Waals surface area contributed by atoms with Gasteiger partial charge >= 0.3 is 0 Å². The molecule has 0 aromatic heterocycles. The predicted octanol–water partition coefficient (Wildman–Crippen LogP) is 2.85. The zero-order valence-corrected chi connectivity index (χ0v) is 18.7. The van der Waals surface area contributed by atoms with Gasteiger partial charge in [-0.05, 0) is 68.7 Å². The largest absolute Gasteiger partial charge is 0.489 e. The molecule has 32 heavy (non-hydrogen) atoms. The molecule has 3 heterocycles. The van der Waals surface area contributed by atoms with E-state index in [1.165, 1.54) is 12.8 Å². The van der Waals surface area contributed by atoms with Crippen molar-refractivity contribution in [3.05, 3.63) is 41.6 Å². The molecular weight excluding hydrogens is 406 g/mol. The molecule has 7 nitrogen and oxygen atoms in total. The molecule has 4 aliphatic rings. The standard InChI is InChI=1S/C25H33N3O4/c1-17-7-10-22(24(29)26-17)28-16-18-15-19(8-9-20(18)25(28)30)32-23-6-2-5-21(23)27-11-3-13-31-14-4-12-27/h8-9,15,21-23H,1-7,10-14,16H2,(H,26,29)/t21-,22?,23-/m1/s1. The first-order chi connectivity index (χ1) is 15.6. The normalized spacial score (nSPS) is 29.4. The number of amides is 2. The summed E-state index contributed by atoms with van der Waals surface area (Å²) in [6, 6.07) is 5.80. The van der Waals surface area contributed by atoms with E-state index in [0.29, 0.717) is 31.0 Å². The van der Waals surface area contributed by atoms with Crippen molar-refractivity contribution in [2.24, 2.45) is 0 Å². The van der Waals surface area contributed by atoms with Crippen LogP contribution in [0.2, 0.25) is 0 Å². The van der Waals surface area contributed by atoms with Crippen LogP contribution in [0.4, 0.5) is 0 Å². The van der Waals surface area contributed by atoms with E-state index >= 15 is 0 Å². The molecule has 0 bridgehead atoms. The lowest BCUT2D eigenvalue weighted by Crippen LogP contribution is -2.49. The SMILES string of the molecule is C=C1CCC(N2Cc3cc(O[C@@H]4CCC[C@H]4N4CCCOCCC4)ccc3C2=O)C(=O)N1. The first kappa shape index (κ1) is 21.5. The van der Waals surface area contributed by atoms with Crippen molar-refractivity contribution in [1.82, 2.24) is 15.1 Å². The van der Waals surface area contributed by atoms with Crippen LogP contribution in [0, 0.1) is 0 Å². The molecule has 2 amide bonds. The van der Waals surface area contributed by atoms with Crippen LogP contribution in [0.3, 0.4) is 0 Å². The summed E-state index contributed by atoms with van der Waals surface area (Å²) < 4.78 is 12.1. The molecule has 1 unspecified atom stereocenters. The molecule has 7 heteroatoms. The highest BCUT2D eigenvalue weighted by Crippen LogP contribution is 2.33. The lowest BCUT2D eigenvalue weighted by atomic mass is 10.0. The first-order valence-corrected chi connectivity index (χ1v) is 12.0. The van der Waals surface area contributed by atoms with Gasteiger partial charge in [0.15, 0.2) is 0 Å². The van der Waals surface area contributed by atoms with E-state index in [1.54, 1.807) is 4.90 Å². The van der Waals surface area contributed by atoms with Crippen LogP contribution in [0.15, 0.2) is 30.5 Å². The molecule has 1 aromatic rings. The van der Waals surface area contributed by atoms with Crippen LogP contribution in [-0.4, -0.2) is 66.1 Å². The van der Waals surface area contributed by atoms with E-state index in [9.17, 15) is 9.59 Å². The summed E-state index contributed by atoms with van der Waals surface area (Å²) >= 11 is 0. The smallest absolute Gasteiger partial charge is 0.255 e. The van der Waals surface area contributed by atoms with Gasteiger partial charge in [0.1, 0.15) is 17.9 Å². The number of nitrogens with one attached hydrogen (secondary N) is 1. The summed E-state index contributed by atoms with van der Waals surface area (Å²) in [5.41, 5.74) is 2.36. The maximum Gasteiger partial charge on any atom is 0.255 e. The Balaban J connectivity index is 1.27. The molecule has 2 saturated heterocycles. The Bertz CT molecular complexity index is 893. The number of piperidine rings is 1. The maximum absolute atomic E-state index is 13.0. The highest BCUT2D eigenvalue weighted by Gasteiger charge is 2.39. The Kier molecular flexibility index (Phi) is 6.20. The Morgan fingerprint density at radius 3 is 2.66 bits per heavy atom. The van der Waals surface area contributed by atoms with Crippen LogP contribution in [-0.2, 0) is 16.1 Å². The zero-order chi connectivity index (χ0) is 22.1. The van der Waals surface area contributed by atoms with Gasteiger partial charge in [-0.25, -0.2) is 0 Å². The number of carbonyl (C=O) groups excluding carboxylic acids is 2. The van der Waals surface area contributed by atoms with Crippen LogP contribution in [0.1, 0.15) is 60.9 Å². The molecule has 0 spiro atoms. The number of hydrogen-bond acceptors (Lipinski definition) is 5. The Morgan fingerprint density at radius 1 is 1.06 bits per heavy atom. The third-order valence-corrected chi connectivity index (χ3v) is 7.25. The molecule has 1 aromatic carbocycles. The van der Waals surface area contributed by atoms with Gasteiger partial charge in [-0.3, -0.25) is 14.5 Å². The van der Waals surface area contributed by atoms with E-state index < -0.39 is 6.04 Å². The van der Waals surface area contributed by atoms with Gasteiger partial charge < -0.3 is 19.7 Å². The van der Waals surface area contributed by atoms with Gasteiger partial charge in [-0.2, -0.15) is 0 Å². The van der Waals surface area contributed by atoms with Crippen molar-refractivity contribution in [1.29, 1.82) is 0 Å². The topological polar surface area (TPSA) is 71.1 Å². The van der Waals surface area contributed by atoms with Gasteiger partial charge in [0, 0.05) is 50.2 Å². The zero-order valence-electron chi connectivity index (χ0n) is 18.7. The molecule has 1 saturated carbocycles. The monoisotopic (exact) mass is 439 g/mol. The minimum atomic E-state index is -0.430. The highest BCUT2D eigenvalue weighted by molar-refractivity contribution is 6.01. The van der Waals surface area contributed by atoms with Crippen LogP contribution in [0.25, 0.3) is 0 Å². The predicted molar refractivity (Wildman–Crippen MR) is 120 cm³/mol. The average Bonchev–Trinajstić information content (AvgIpc) is 3.32. The summed E-state index contributed by atoms with van der Waals surface area (Å²) in [7, 11) is 0. The number of fused-ring (bicyclic) bond motifs is 1. The second kappa shape index (κ2) is 9.24. The fourth-order valence-electron chi connectivity index (χ4n) is 5.63. The molecule has 3 atom stereocenters. The molecule has 1 N–H and O–H groups in total. The second-order valence-electron chi connectivity index (χ2n) is 9.41. The molecule has 5 rings (SSSR count). The van der Waals surface area contributed by atoms with Crippen molar-refractivity contribution in [2.45, 2.75) is 69.7 Å². The molecule has 3 aliphatic heterocycles. The number of benzene rings is 1. The van der Waals surface area contributed by atoms with Crippen molar-refractivity contribution in [3.63, 3.8) is 0 Å². The van der Waals surface area contributed by atoms with Gasteiger partial charge in [0.25, 0.3) is 5.91 Å². The molecular formula is C25H33N3O4. The number of carbonyl (C=O) groups is 2.